The van der Waals surface area contributed by atoms with Crippen molar-refractivity contribution >= 4 is 21.8 Å². The molecule has 0 aromatic heterocycles. The summed E-state index contributed by atoms with van der Waals surface area (Å²) in [5, 5.41) is 0. The van der Waals surface area contributed by atoms with E-state index < -0.39 is 21.8 Å². The van der Waals surface area contributed by atoms with Gasteiger partial charge in [-0.3, -0.25) is 4.55 Å². The first-order valence-corrected chi connectivity index (χ1v) is 5.66. The maximum absolute atomic E-state index is 10.8. The van der Waals surface area contributed by atoms with Crippen molar-refractivity contribution in [1.82, 2.24) is 0 Å². The summed E-state index contributed by atoms with van der Waals surface area (Å²) in [4.78, 5) is 0. The highest BCUT2D eigenvalue weighted by atomic mass is 32.3. The lowest BCUT2D eigenvalue weighted by Crippen LogP contribution is -2.14. The van der Waals surface area contributed by atoms with Gasteiger partial charge < -0.3 is 4.18 Å². The van der Waals surface area contributed by atoms with Crippen molar-refractivity contribution in [2.75, 3.05) is 0 Å². The Morgan fingerprint density at radius 3 is 2.29 bits per heavy atom. The minimum Gasteiger partial charge on any atom is -0.361 e. The molecule has 1 N–H and O–H groups in total. The van der Waals surface area contributed by atoms with Gasteiger partial charge in [0.15, 0.2) is 0 Å². The molecule has 1 aromatic carbocycles. The molecular formula is C6H6O6S2. The number of hydrogen-bond donors (Lipinski definition) is 1. The Morgan fingerprint density at radius 1 is 1.21 bits per heavy atom. The van der Waals surface area contributed by atoms with E-state index in [2.05, 4.69) is 7.81 Å². The van der Waals surface area contributed by atoms with Crippen LogP contribution in [0.5, 0.6) is 5.75 Å². The van der Waals surface area contributed by atoms with Gasteiger partial charge in [-0.05, 0) is 12.1 Å². The fourth-order valence-electron chi connectivity index (χ4n) is 0.679. The molecule has 0 saturated carbocycles. The van der Waals surface area contributed by atoms with E-state index in [1.807, 2.05) is 0 Å². The lowest BCUT2D eigenvalue weighted by molar-refractivity contribution is 0.380. The van der Waals surface area contributed by atoms with Crippen LogP contribution in [0.3, 0.4) is 0 Å². The molecular weight excluding hydrogens is 232 g/mol. The van der Waals surface area contributed by atoms with Crippen LogP contribution in [0.1, 0.15) is 0 Å². The van der Waals surface area contributed by atoms with Crippen LogP contribution in [0.15, 0.2) is 30.3 Å². The molecule has 1 rings (SSSR count). The van der Waals surface area contributed by atoms with E-state index in [0.717, 1.165) is 0 Å². The van der Waals surface area contributed by atoms with E-state index in [0.29, 0.717) is 0 Å². The van der Waals surface area contributed by atoms with E-state index in [-0.39, 0.29) is 5.75 Å². The third-order valence-corrected chi connectivity index (χ3v) is 2.61. The van der Waals surface area contributed by atoms with E-state index in [9.17, 15) is 12.6 Å². The second-order valence-electron chi connectivity index (χ2n) is 2.09. The van der Waals surface area contributed by atoms with E-state index in [1.54, 1.807) is 18.2 Å². The van der Waals surface area contributed by atoms with Gasteiger partial charge in [0.2, 0.25) is 0 Å². The number of para-hydroxylation sites is 1. The van der Waals surface area contributed by atoms with Gasteiger partial charge in [-0.15, -0.1) is 3.63 Å². The predicted molar refractivity (Wildman–Crippen MR) is 47.8 cm³/mol. The van der Waals surface area contributed by atoms with Crippen LogP contribution in [0.4, 0.5) is 0 Å². The maximum atomic E-state index is 10.8. The van der Waals surface area contributed by atoms with Gasteiger partial charge in [-0.2, -0.15) is 12.6 Å². The highest BCUT2D eigenvalue weighted by Gasteiger charge is 2.17. The molecule has 1 aromatic rings. The fraction of sp³-hybridized carbons (Fsp3) is 0. The molecule has 78 valence electrons. The average molecular weight is 238 g/mol. The van der Waals surface area contributed by atoms with E-state index >= 15 is 0 Å². The van der Waals surface area contributed by atoms with Crippen molar-refractivity contribution in [3.05, 3.63) is 30.3 Å². The van der Waals surface area contributed by atoms with Crippen molar-refractivity contribution in [2.24, 2.45) is 0 Å². The number of hydrogen-bond acceptors (Lipinski definition) is 5. The fourth-order valence-corrected chi connectivity index (χ4v) is 1.71. The van der Waals surface area contributed by atoms with Gasteiger partial charge in [0.1, 0.15) is 5.75 Å². The lowest BCUT2D eigenvalue weighted by atomic mass is 10.3. The highest BCUT2D eigenvalue weighted by molar-refractivity contribution is 7.92. The molecule has 0 bridgehead atoms. The Bertz CT molecular complexity index is 411. The molecule has 0 radical (unpaired) electrons. The summed E-state index contributed by atoms with van der Waals surface area (Å²) in [6, 6.07) is 7.47. The third kappa shape index (κ3) is 3.83. The lowest BCUT2D eigenvalue weighted by Gasteiger charge is -2.02. The first kappa shape index (κ1) is 11.1. The quantitative estimate of drug-likeness (QED) is 0.766. The van der Waals surface area contributed by atoms with Crippen LogP contribution in [0.25, 0.3) is 0 Å². The molecule has 8 heteroatoms. The van der Waals surface area contributed by atoms with Gasteiger partial charge >= 0.3 is 21.8 Å². The predicted octanol–water partition coefficient (Wildman–Crippen LogP) is 0.464. The molecule has 0 saturated heterocycles. The van der Waals surface area contributed by atoms with Crippen LogP contribution in [0.2, 0.25) is 0 Å². The molecule has 0 spiro atoms. The number of benzene rings is 1. The zero-order valence-electron chi connectivity index (χ0n) is 6.69. The van der Waals surface area contributed by atoms with Gasteiger partial charge in [0.25, 0.3) is 0 Å². The van der Waals surface area contributed by atoms with Crippen molar-refractivity contribution in [1.29, 1.82) is 0 Å². The number of rotatable bonds is 4. The summed E-state index contributed by atoms with van der Waals surface area (Å²) < 4.78 is 47.7. The van der Waals surface area contributed by atoms with Gasteiger partial charge in [-0.25, -0.2) is 0 Å². The summed E-state index contributed by atoms with van der Waals surface area (Å²) in [5.41, 5.74) is 0. The Kier molecular flexibility index (Phi) is 3.58. The topological polar surface area (TPSA) is 89.9 Å². The van der Waals surface area contributed by atoms with Crippen molar-refractivity contribution < 1.29 is 25.0 Å². The maximum Gasteiger partial charge on any atom is 0.464 e. The summed E-state index contributed by atoms with van der Waals surface area (Å²) >= 11 is -2.92. The largest absolute Gasteiger partial charge is 0.464 e. The van der Waals surface area contributed by atoms with Gasteiger partial charge in [0.05, 0.1) is 0 Å². The molecule has 0 amide bonds. The summed E-state index contributed by atoms with van der Waals surface area (Å²) in [7, 11) is -4.48. The van der Waals surface area contributed by atoms with Crippen molar-refractivity contribution in [2.45, 2.75) is 0 Å². The summed E-state index contributed by atoms with van der Waals surface area (Å²) in [5.74, 6) is -0.00190. The van der Waals surface area contributed by atoms with Crippen molar-refractivity contribution in [3.8, 4) is 5.75 Å². The zero-order valence-corrected chi connectivity index (χ0v) is 8.32. The summed E-state index contributed by atoms with van der Waals surface area (Å²) in [6.07, 6.45) is 0. The molecule has 1 atom stereocenters. The Morgan fingerprint density at radius 2 is 1.79 bits per heavy atom. The van der Waals surface area contributed by atoms with Gasteiger partial charge in [-0.1, -0.05) is 18.2 Å². The van der Waals surface area contributed by atoms with Crippen LogP contribution in [-0.2, 0) is 25.4 Å². The smallest absolute Gasteiger partial charge is 0.361 e. The van der Waals surface area contributed by atoms with Crippen LogP contribution < -0.4 is 4.18 Å². The second kappa shape index (κ2) is 4.51. The van der Waals surface area contributed by atoms with Crippen LogP contribution in [0, 0.1) is 0 Å². The molecule has 0 fully saturated rings. The van der Waals surface area contributed by atoms with Crippen molar-refractivity contribution in [3.63, 3.8) is 0 Å². The van der Waals surface area contributed by atoms with Gasteiger partial charge in [0, 0.05) is 0 Å². The third-order valence-electron chi connectivity index (χ3n) is 1.08. The summed E-state index contributed by atoms with van der Waals surface area (Å²) in [6.45, 7) is 0. The average Bonchev–Trinajstić information content (AvgIpc) is 2.02. The van der Waals surface area contributed by atoms with Crippen LogP contribution >= 0.6 is 0 Å². The Labute approximate surface area is 83.3 Å². The normalized spacial score (nSPS) is 13.5. The van der Waals surface area contributed by atoms with E-state index in [4.69, 9.17) is 4.55 Å². The van der Waals surface area contributed by atoms with Crippen LogP contribution in [-0.4, -0.2) is 17.2 Å². The molecule has 0 aliphatic carbocycles. The molecule has 14 heavy (non-hydrogen) atoms. The molecule has 0 aliphatic rings. The highest BCUT2D eigenvalue weighted by Crippen LogP contribution is 2.12. The zero-order chi connectivity index (χ0) is 10.6. The first-order chi connectivity index (χ1) is 6.49. The Balaban J connectivity index is 2.74. The first-order valence-electron chi connectivity index (χ1n) is 3.30. The van der Waals surface area contributed by atoms with E-state index in [1.165, 1.54) is 12.1 Å². The molecule has 1 unspecified atom stereocenters. The standard InChI is InChI=1S/C6H6O6S2/c7-13(8)12-14(9,10)11-6-4-2-1-3-5-6/h1-5H,(H,7,8). The second-order valence-corrected chi connectivity index (χ2v) is 4.05. The molecule has 6 nitrogen and oxygen atoms in total. The minimum absolute atomic E-state index is 0.00190. The monoisotopic (exact) mass is 238 g/mol. The SMILES string of the molecule is O=S(O)OS(=O)(=O)Oc1ccccc1. The minimum atomic E-state index is -4.48. The molecule has 0 heterocycles. The Hall–Kier alpha value is -0.960. The molecule has 0 aliphatic heterocycles.